The molecular weight excluding hydrogens is 215 g/mol. The molecule has 0 aliphatic rings. The number of nitriles is 1. The van der Waals surface area contributed by atoms with Gasteiger partial charge in [-0.3, -0.25) is 0 Å². The summed E-state index contributed by atoms with van der Waals surface area (Å²) in [6.07, 6.45) is -4.73. The van der Waals surface area contributed by atoms with Crippen LogP contribution in [0.1, 0.15) is 11.1 Å². The van der Waals surface area contributed by atoms with Crippen LogP contribution in [0.4, 0.5) is 13.2 Å². The number of rotatable bonds is 1. The van der Waals surface area contributed by atoms with Crippen molar-refractivity contribution in [3.63, 3.8) is 0 Å². The highest BCUT2D eigenvalue weighted by Gasteiger charge is 2.32. The summed E-state index contributed by atoms with van der Waals surface area (Å²) in [6, 6.07) is 4.87. The Kier molecular flexibility index (Phi) is 3.02. The molecule has 1 aromatic rings. The predicted octanol–water partition coefficient (Wildman–Crippen LogP) is 3.42. The summed E-state index contributed by atoms with van der Waals surface area (Å²) >= 11 is 5.53. The van der Waals surface area contributed by atoms with Crippen molar-refractivity contribution in [2.45, 2.75) is 12.6 Å². The largest absolute Gasteiger partial charge is 0.416 e. The van der Waals surface area contributed by atoms with Gasteiger partial charge < -0.3 is 0 Å². The lowest BCUT2D eigenvalue weighted by molar-refractivity contribution is -0.138. The lowest BCUT2D eigenvalue weighted by Crippen LogP contribution is -2.08. The summed E-state index contributed by atoms with van der Waals surface area (Å²) in [5.41, 5.74) is -0.893. The van der Waals surface area contributed by atoms with Gasteiger partial charge in [-0.25, -0.2) is 0 Å². The third kappa shape index (κ3) is 2.39. The van der Waals surface area contributed by atoms with Crippen LogP contribution in [0.5, 0.6) is 0 Å². The lowest BCUT2D eigenvalue weighted by atomic mass is 10.1. The Labute approximate surface area is 83.7 Å². The first-order valence-corrected chi connectivity index (χ1v) is 4.05. The standard InChI is InChI=1S/C9H5ClF3N/c10-7-1-2-8(9(11,12)13)6(5-7)3-4-14/h1-2,5H,3H2. The minimum atomic E-state index is -4.43. The van der Waals surface area contributed by atoms with E-state index in [2.05, 4.69) is 0 Å². The van der Waals surface area contributed by atoms with Gasteiger partial charge in [-0.15, -0.1) is 0 Å². The highest BCUT2D eigenvalue weighted by atomic mass is 35.5. The van der Waals surface area contributed by atoms with E-state index in [0.29, 0.717) is 0 Å². The molecule has 14 heavy (non-hydrogen) atoms. The van der Waals surface area contributed by atoms with E-state index in [0.717, 1.165) is 18.2 Å². The molecule has 0 bridgehead atoms. The number of benzene rings is 1. The molecule has 0 radical (unpaired) electrons. The van der Waals surface area contributed by atoms with Gasteiger partial charge in [-0.2, -0.15) is 18.4 Å². The van der Waals surface area contributed by atoms with E-state index in [9.17, 15) is 13.2 Å². The number of halogens is 4. The Hall–Kier alpha value is -1.21. The molecule has 0 amide bonds. The molecular formula is C9H5ClF3N. The maximum atomic E-state index is 12.4. The normalized spacial score (nSPS) is 11.1. The second-order valence-corrected chi connectivity index (χ2v) is 3.07. The van der Waals surface area contributed by atoms with Gasteiger partial charge in [0.25, 0.3) is 0 Å². The van der Waals surface area contributed by atoms with Crippen LogP contribution in [0, 0.1) is 11.3 Å². The monoisotopic (exact) mass is 219 g/mol. The van der Waals surface area contributed by atoms with Crippen molar-refractivity contribution in [3.8, 4) is 6.07 Å². The maximum absolute atomic E-state index is 12.4. The Balaban J connectivity index is 3.23. The Bertz CT molecular complexity index is 379. The molecule has 5 heteroatoms. The lowest BCUT2D eigenvalue weighted by Gasteiger charge is -2.10. The maximum Gasteiger partial charge on any atom is 0.416 e. The van der Waals surface area contributed by atoms with Crippen LogP contribution in [-0.2, 0) is 12.6 Å². The van der Waals surface area contributed by atoms with Crippen molar-refractivity contribution in [1.82, 2.24) is 0 Å². The van der Waals surface area contributed by atoms with Crippen molar-refractivity contribution in [3.05, 3.63) is 34.3 Å². The minimum Gasteiger partial charge on any atom is -0.198 e. The van der Waals surface area contributed by atoms with Crippen LogP contribution in [-0.4, -0.2) is 0 Å². The zero-order valence-electron chi connectivity index (χ0n) is 6.90. The molecule has 0 atom stereocenters. The van der Waals surface area contributed by atoms with Gasteiger partial charge in [0.1, 0.15) is 0 Å². The molecule has 0 heterocycles. The van der Waals surface area contributed by atoms with Crippen LogP contribution < -0.4 is 0 Å². The Morgan fingerprint density at radius 2 is 2.00 bits per heavy atom. The zero-order chi connectivity index (χ0) is 10.8. The van der Waals surface area contributed by atoms with E-state index < -0.39 is 11.7 Å². The van der Waals surface area contributed by atoms with Crippen molar-refractivity contribution >= 4 is 11.6 Å². The molecule has 1 rings (SSSR count). The van der Waals surface area contributed by atoms with E-state index in [4.69, 9.17) is 16.9 Å². The summed E-state index contributed by atoms with van der Waals surface area (Å²) in [5, 5.41) is 8.54. The van der Waals surface area contributed by atoms with Crippen LogP contribution in [0.25, 0.3) is 0 Å². The van der Waals surface area contributed by atoms with Gasteiger partial charge in [-0.05, 0) is 23.8 Å². The van der Waals surface area contributed by atoms with Crippen LogP contribution >= 0.6 is 11.6 Å². The first-order valence-electron chi connectivity index (χ1n) is 3.67. The molecule has 0 spiro atoms. The first kappa shape index (κ1) is 10.9. The summed E-state index contributed by atoms with van der Waals surface area (Å²) in [5.74, 6) is 0. The van der Waals surface area contributed by atoms with Gasteiger partial charge in [-0.1, -0.05) is 11.6 Å². The second kappa shape index (κ2) is 3.89. The van der Waals surface area contributed by atoms with Crippen molar-refractivity contribution in [2.24, 2.45) is 0 Å². The summed E-state index contributed by atoms with van der Waals surface area (Å²) in [4.78, 5) is 0. The van der Waals surface area contributed by atoms with Crippen LogP contribution in [0.15, 0.2) is 18.2 Å². The van der Waals surface area contributed by atoms with E-state index >= 15 is 0 Å². The Morgan fingerprint density at radius 1 is 1.36 bits per heavy atom. The summed E-state index contributed by atoms with van der Waals surface area (Å²) in [6.45, 7) is 0. The van der Waals surface area contributed by atoms with E-state index in [1.807, 2.05) is 0 Å². The number of hydrogen-bond acceptors (Lipinski definition) is 1. The predicted molar refractivity (Wildman–Crippen MR) is 45.8 cm³/mol. The SMILES string of the molecule is N#CCc1cc(Cl)ccc1C(F)(F)F. The highest BCUT2D eigenvalue weighted by molar-refractivity contribution is 6.30. The third-order valence-corrected chi connectivity index (χ3v) is 1.88. The van der Waals surface area contributed by atoms with Gasteiger partial charge in [0.2, 0.25) is 0 Å². The molecule has 74 valence electrons. The first-order chi connectivity index (χ1) is 6.45. The highest BCUT2D eigenvalue weighted by Crippen LogP contribution is 2.33. The number of hydrogen-bond donors (Lipinski definition) is 0. The van der Waals surface area contributed by atoms with Gasteiger partial charge in [0.05, 0.1) is 18.1 Å². The molecule has 0 unspecified atom stereocenters. The fourth-order valence-electron chi connectivity index (χ4n) is 1.07. The summed E-state index contributed by atoms with van der Waals surface area (Å²) < 4.78 is 37.1. The molecule has 0 fully saturated rings. The number of alkyl halides is 3. The molecule has 0 N–H and O–H groups in total. The third-order valence-electron chi connectivity index (χ3n) is 1.64. The van der Waals surface area contributed by atoms with Gasteiger partial charge >= 0.3 is 6.18 Å². The smallest absolute Gasteiger partial charge is 0.198 e. The van der Waals surface area contributed by atoms with E-state index in [1.54, 1.807) is 6.07 Å². The van der Waals surface area contributed by atoms with Gasteiger partial charge in [0.15, 0.2) is 0 Å². The second-order valence-electron chi connectivity index (χ2n) is 2.63. The topological polar surface area (TPSA) is 23.8 Å². The van der Waals surface area contributed by atoms with E-state index in [1.165, 1.54) is 0 Å². The zero-order valence-corrected chi connectivity index (χ0v) is 7.65. The Morgan fingerprint density at radius 3 is 2.50 bits per heavy atom. The number of nitrogens with zero attached hydrogens (tertiary/aromatic N) is 1. The molecule has 1 nitrogen and oxygen atoms in total. The molecule has 1 aromatic carbocycles. The van der Waals surface area contributed by atoms with Crippen molar-refractivity contribution < 1.29 is 13.2 Å². The fourth-order valence-corrected chi connectivity index (χ4v) is 1.26. The molecule has 0 saturated heterocycles. The fraction of sp³-hybridized carbons (Fsp3) is 0.222. The van der Waals surface area contributed by atoms with E-state index in [-0.39, 0.29) is 17.0 Å². The van der Waals surface area contributed by atoms with Crippen LogP contribution in [0.3, 0.4) is 0 Å². The quantitative estimate of drug-likeness (QED) is 0.710. The average molecular weight is 220 g/mol. The minimum absolute atomic E-state index is 0.0903. The van der Waals surface area contributed by atoms with Crippen LogP contribution in [0.2, 0.25) is 5.02 Å². The van der Waals surface area contributed by atoms with Crippen molar-refractivity contribution in [2.75, 3.05) is 0 Å². The van der Waals surface area contributed by atoms with Crippen molar-refractivity contribution in [1.29, 1.82) is 5.26 Å². The molecule has 0 aliphatic carbocycles. The average Bonchev–Trinajstić information content (AvgIpc) is 2.02. The molecule has 0 aliphatic heterocycles. The van der Waals surface area contributed by atoms with Gasteiger partial charge in [0, 0.05) is 5.02 Å². The molecule has 0 aromatic heterocycles. The summed E-state index contributed by atoms with van der Waals surface area (Å²) in [7, 11) is 0. The molecule has 0 saturated carbocycles.